The standard InChI is InChI=1S/C30H38F2N2O5/c1-4-38-24-17-23(18-25(39-5-2)26(24)22-11-12-22)20(3)34(28(37)33-29(13-14-29)27(35)36)16-15-30(31,32)19-21-9-7-6-8-10-21/h6-10,17-18,20,22H,4-5,11-16,19H2,1-3H3,(H,33,37)(H,35,36)/t20-/m1/s1. The van der Waals surface area contributed by atoms with Crippen molar-refractivity contribution in [1.29, 1.82) is 0 Å². The molecule has 2 saturated carbocycles. The van der Waals surface area contributed by atoms with E-state index in [0.29, 0.717) is 54.6 Å². The molecule has 2 N–H and O–H groups in total. The molecule has 0 bridgehead atoms. The van der Waals surface area contributed by atoms with Crippen molar-refractivity contribution in [2.75, 3.05) is 19.8 Å². The quantitative estimate of drug-likeness (QED) is 0.291. The van der Waals surface area contributed by atoms with E-state index in [9.17, 15) is 14.7 Å². The predicted molar refractivity (Wildman–Crippen MR) is 144 cm³/mol. The first-order chi connectivity index (χ1) is 18.6. The molecule has 2 aliphatic rings. The van der Waals surface area contributed by atoms with Crippen molar-refractivity contribution >= 4 is 12.0 Å². The molecule has 2 aromatic carbocycles. The van der Waals surface area contributed by atoms with Crippen molar-refractivity contribution < 1.29 is 33.0 Å². The molecule has 7 nitrogen and oxygen atoms in total. The maximum absolute atomic E-state index is 15.1. The number of ether oxygens (including phenoxy) is 2. The number of rotatable bonds is 14. The maximum Gasteiger partial charge on any atom is 0.329 e. The molecule has 2 fully saturated rings. The second-order valence-electron chi connectivity index (χ2n) is 10.5. The molecule has 39 heavy (non-hydrogen) atoms. The van der Waals surface area contributed by atoms with Gasteiger partial charge in [0.15, 0.2) is 0 Å². The Balaban J connectivity index is 1.62. The monoisotopic (exact) mass is 544 g/mol. The number of aliphatic carboxylic acids is 1. The van der Waals surface area contributed by atoms with Gasteiger partial charge in [0.1, 0.15) is 17.0 Å². The van der Waals surface area contributed by atoms with Crippen LogP contribution < -0.4 is 14.8 Å². The van der Waals surface area contributed by atoms with Crippen molar-refractivity contribution in [3.63, 3.8) is 0 Å². The largest absolute Gasteiger partial charge is 0.493 e. The highest BCUT2D eigenvalue weighted by molar-refractivity contribution is 5.89. The van der Waals surface area contributed by atoms with Crippen molar-refractivity contribution in [2.45, 2.75) is 82.7 Å². The fourth-order valence-electron chi connectivity index (χ4n) is 4.90. The average molecular weight is 545 g/mol. The first kappa shape index (κ1) is 28.6. The molecule has 212 valence electrons. The highest BCUT2D eigenvalue weighted by Gasteiger charge is 2.52. The fraction of sp³-hybridized carbons (Fsp3) is 0.533. The van der Waals surface area contributed by atoms with Gasteiger partial charge in [-0.25, -0.2) is 18.4 Å². The van der Waals surface area contributed by atoms with Crippen LogP contribution >= 0.6 is 0 Å². The lowest BCUT2D eigenvalue weighted by Crippen LogP contribution is -2.51. The Morgan fingerprint density at radius 3 is 2.18 bits per heavy atom. The molecule has 0 aromatic heterocycles. The summed E-state index contributed by atoms with van der Waals surface area (Å²) >= 11 is 0. The molecule has 1 atom stereocenters. The molecule has 0 spiro atoms. The molecule has 0 aliphatic heterocycles. The van der Waals surface area contributed by atoms with Crippen LogP contribution in [0, 0.1) is 0 Å². The molecule has 2 aromatic rings. The van der Waals surface area contributed by atoms with Gasteiger partial charge in [0.2, 0.25) is 0 Å². The van der Waals surface area contributed by atoms with Gasteiger partial charge < -0.3 is 24.8 Å². The Kier molecular flexibility index (Phi) is 8.67. The summed E-state index contributed by atoms with van der Waals surface area (Å²) < 4.78 is 42.1. The van der Waals surface area contributed by atoms with Crippen LogP contribution in [-0.2, 0) is 11.2 Å². The van der Waals surface area contributed by atoms with E-state index in [1.807, 2.05) is 26.0 Å². The summed E-state index contributed by atoms with van der Waals surface area (Å²) in [6, 6.07) is 10.9. The van der Waals surface area contributed by atoms with Crippen LogP contribution in [0.4, 0.5) is 13.6 Å². The third-order valence-electron chi connectivity index (χ3n) is 7.45. The van der Waals surface area contributed by atoms with Crippen LogP contribution in [-0.4, -0.2) is 53.2 Å². The van der Waals surface area contributed by atoms with E-state index in [1.165, 1.54) is 4.90 Å². The number of hydrogen-bond acceptors (Lipinski definition) is 4. The van der Waals surface area contributed by atoms with Gasteiger partial charge in [0, 0.05) is 24.9 Å². The Bertz CT molecular complexity index is 1140. The molecule has 2 amide bonds. The van der Waals surface area contributed by atoms with Gasteiger partial charge in [-0.05, 0) is 75.6 Å². The molecule has 0 radical (unpaired) electrons. The molecule has 2 aliphatic carbocycles. The summed E-state index contributed by atoms with van der Waals surface area (Å²) in [4.78, 5) is 26.5. The Hall–Kier alpha value is -3.36. The van der Waals surface area contributed by atoms with Gasteiger partial charge in [-0.15, -0.1) is 0 Å². The summed E-state index contributed by atoms with van der Waals surface area (Å²) in [5.41, 5.74) is 0.841. The lowest BCUT2D eigenvalue weighted by atomic mass is 9.99. The Morgan fingerprint density at radius 1 is 1.10 bits per heavy atom. The SMILES string of the molecule is CCOc1cc([C@@H](C)N(CCC(F)(F)Cc2ccccc2)C(=O)NC2(C(=O)O)CC2)cc(OCC)c1C1CC1. The minimum absolute atomic E-state index is 0.263. The number of carbonyl (C=O) groups is 2. The first-order valence-electron chi connectivity index (χ1n) is 13.8. The maximum atomic E-state index is 15.1. The number of hydrogen-bond donors (Lipinski definition) is 2. The highest BCUT2D eigenvalue weighted by Crippen LogP contribution is 2.50. The number of halogens is 2. The van der Waals surface area contributed by atoms with Gasteiger partial charge in [0.25, 0.3) is 5.92 Å². The van der Waals surface area contributed by atoms with Crippen molar-refractivity contribution in [3.8, 4) is 11.5 Å². The fourth-order valence-corrected chi connectivity index (χ4v) is 4.90. The van der Waals surface area contributed by atoms with E-state index in [-0.39, 0.29) is 6.54 Å². The normalized spacial score (nSPS) is 16.7. The smallest absolute Gasteiger partial charge is 0.329 e. The van der Waals surface area contributed by atoms with Gasteiger partial charge in [0.05, 0.1) is 19.3 Å². The van der Waals surface area contributed by atoms with Crippen molar-refractivity contribution in [1.82, 2.24) is 10.2 Å². The van der Waals surface area contributed by atoms with Crippen LogP contribution in [0.1, 0.15) is 81.5 Å². The Labute approximate surface area is 228 Å². The molecular formula is C30H38F2N2O5. The summed E-state index contributed by atoms with van der Waals surface area (Å²) in [6.07, 6.45) is 1.67. The number of carboxylic acid groups (broad SMARTS) is 1. The Morgan fingerprint density at radius 2 is 1.69 bits per heavy atom. The number of nitrogens with zero attached hydrogens (tertiary/aromatic N) is 1. The number of benzene rings is 2. The van der Waals surface area contributed by atoms with Crippen LogP contribution in [0.2, 0.25) is 0 Å². The number of urea groups is 1. The molecule has 9 heteroatoms. The minimum atomic E-state index is -3.06. The van der Waals surface area contributed by atoms with Gasteiger partial charge in [-0.2, -0.15) is 0 Å². The van der Waals surface area contributed by atoms with Gasteiger partial charge >= 0.3 is 12.0 Å². The molecule has 0 unspecified atom stereocenters. The van der Waals surface area contributed by atoms with E-state index in [2.05, 4.69) is 5.32 Å². The van der Waals surface area contributed by atoms with Gasteiger partial charge in [-0.3, -0.25) is 0 Å². The zero-order valence-corrected chi connectivity index (χ0v) is 22.8. The third-order valence-corrected chi connectivity index (χ3v) is 7.45. The average Bonchev–Trinajstić information content (AvgIpc) is 3.81. The highest BCUT2D eigenvalue weighted by atomic mass is 19.3. The lowest BCUT2D eigenvalue weighted by molar-refractivity contribution is -0.140. The van der Waals surface area contributed by atoms with Crippen LogP contribution in [0.15, 0.2) is 42.5 Å². The topological polar surface area (TPSA) is 88.1 Å². The number of alkyl halides is 2. The lowest BCUT2D eigenvalue weighted by Gasteiger charge is -2.33. The minimum Gasteiger partial charge on any atom is -0.493 e. The molecule has 4 rings (SSSR count). The van der Waals surface area contributed by atoms with Crippen LogP contribution in [0.25, 0.3) is 0 Å². The van der Waals surface area contributed by atoms with Crippen molar-refractivity contribution in [2.24, 2.45) is 0 Å². The number of nitrogens with one attached hydrogen (secondary N) is 1. The molecule has 0 saturated heterocycles. The first-order valence-corrected chi connectivity index (χ1v) is 13.8. The predicted octanol–water partition coefficient (Wildman–Crippen LogP) is 6.32. The summed E-state index contributed by atoms with van der Waals surface area (Å²) in [5.74, 6) is -2.49. The van der Waals surface area contributed by atoms with E-state index >= 15 is 8.78 Å². The summed E-state index contributed by atoms with van der Waals surface area (Å²) in [6.45, 7) is 6.17. The van der Waals surface area contributed by atoms with Crippen LogP contribution in [0.3, 0.4) is 0 Å². The second kappa shape index (κ2) is 11.8. The van der Waals surface area contributed by atoms with E-state index in [0.717, 1.165) is 18.4 Å². The number of carboxylic acids is 1. The zero-order valence-electron chi connectivity index (χ0n) is 22.8. The molecule has 0 heterocycles. The molecular weight excluding hydrogens is 506 g/mol. The van der Waals surface area contributed by atoms with Crippen molar-refractivity contribution in [3.05, 3.63) is 59.2 Å². The summed E-state index contributed by atoms with van der Waals surface area (Å²) in [5, 5.41) is 12.2. The van der Waals surface area contributed by atoms with E-state index in [4.69, 9.17) is 9.47 Å². The summed E-state index contributed by atoms with van der Waals surface area (Å²) in [7, 11) is 0. The van der Waals surface area contributed by atoms with Gasteiger partial charge in [-0.1, -0.05) is 30.3 Å². The van der Waals surface area contributed by atoms with E-state index < -0.39 is 42.3 Å². The number of amides is 2. The number of carbonyl (C=O) groups excluding carboxylic acids is 1. The third kappa shape index (κ3) is 6.99. The van der Waals surface area contributed by atoms with Crippen LogP contribution in [0.5, 0.6) is 11.5 Å². The zero-order chi connectivity index (χ0) is 28.2. The van der Waals surface area contributed by atoms with E-state index in [1.54, 1.807) is 37.3 Å². The second-order valence-corrected chi connectivity index (χ2v) is 10.5.